The van der Waals surface area contributed by atoms with E-state index in [-0.39, 0.29) is 12.4 Å². The SMILES string of the molecule is N#Cc1ccccc1COc1c(C=O)oc2ccccc12. The lowest BCUT2D eigenvalue weighted by atomic mass is 10.1. The van der Waals surface area contributed by atoms with Crippen LogP contribution >= 0.6 is 0 Å². The van der Waals surface area contributed by atoms with E-state index in [1.54, 1.807) is 18.2 Å². The van der Waals surface area contributed by atoms with Crippen molar-refractivity contribution in [2.45, 2.75) is 6.61 Å². The van der Waals surface area contributed by atoms with E-state index < -0.39 is 0 Å². The Balaban J connectivity index is 1.95. The number of rotatable bonds is 4. The van der Waals surface area contributed by atoms with Gasteiger partial charge >= 0.3 is 0 Å². The first-order chi connectivity index (χ1) is 10.3. The fourth-order valence-electron chi connectivity index (χ4n) is 2.17. The molecular formula is C17H11NO3. The number of ether oxygens (including phenoxy) is 1. The highest BCUT2D eigenvalue weighted by molar-refractivity contribution is 5.92. The number of carbonyl (C=O) groups excluding carboxylic acids is 1. The Morgan fingerprint density at radius 3 is 2.71 bits per heavy atom. The molecule has 4 nitrogen and oxygen atoms in total. The Kier molecular flexibility index (Phi) is 3.40. The average Bonchev–Trinajstić information content (AvgIpc) is 2.91. The van der Waals surface area contributed by atoms with Crippen LogP contribution in [0.25, 0.3) is 11.0 Å². The summed E-state index contributed by atoms with van der Waals surface area (Å²) in [5.41, 5.74) is 1.92. The summed E-state index contributed by atoms with van der Waals surface area (Å²) in [5, 5.41) is 9.81. The summed E-state index contributed by atoms with van der Waals surface area (Å²) in [6, 6.07) is 16.6. The normalized spacial score (nSPS) is 10.2. The maximum atomic E-state index is 11.1. The standard InChI is InChI=1S/C17H11NO3/c18-9-12-5-1-2-6-13(12)11-20-17-14-7-3-4-8-15(14)21-16(17)10-19/h1-8,10H,11H2. The van der Waals surface area contributed by atoms with E-state index in [1.807, 2.05) is 30.3 Å². The topological polar surface area (TPSA) is 63.2 Å². The third kappa shape index (κ3) is 2.37. The summed E-state index contributed by atoms with van der Waals surface area (Å²) < 4.78 is 11.2. The fraction of sp³-hybridized carbons (Fsp3) is 0.0588. The van der Waals surface area contributed by atoms with Crippen molar-refractivity contribution in [2.24, 2.45) is 0 Å². The minimum absolute atomic E-state index is 0.158. The van der Waals surface area contributed by atoms with Crippen molar-refractivity contribution in [1.82, 2.24) is 0 Å². The number of hydrogen-bond donors (Lipinski definition) is 0. The maximum absolute atomic E-state index is 11.1. The van der Waals surface area contributed by atoms with Gasteiger partial charge in [0.1, 0.15) is 12.2 Å². The molecule has 0 aliphatic carbocycles. The first-order valence-electron chi connectivity index (χ1n) is 6.41. The van der Waals surface area contributed by atoms with E-state index in [9.17, 15) is 4.79 Å². The van der Waals surface area contributed by atoms with Gasteiger partial charge in [-0.15, -0.1) is 0 Å². The first kappa shape index (κ1) is 12.9. The number of hydrogen-bond acceptors (Lipinski definition) is 4. The van der Waals surface area contributed by atoms with Gasteiger partial charge in [-0.1, -0.05) is 30.3 Å². The van der Waals surface area contributed by atoms with Crippen LogP contribution in [0.5, 0.6) is 5.75 Å². The van der Waals surface area contributed by atoms with Crippen LogP contribution < -0.4 is 4.74 Å². The molecule has 0 unspecified atom stereocenters. The molecule has 4 heteroatoms. The zero-order chi connectivity index (χ0) is 14.7. The number of carbonyl (C=O) groups is 1. The summed E-state index contributed by atoms with van der Waals surface area (Å²) in [4.78, 5) is 11.1. The van der Waals surface area contributed by atoms with Gasteiger partial charge in [-0.05, 0) is 18.2 Å². The number of benzene rings is 2. The molecule has 0 N–H and O–H groups in total. The third-order valence-electron chi connectivity index (χ3n) is 3.19. The Morgan fingerprint density at radius 2 is 1.90 bits per heavy atom. The second kappa shape index (κ2) is 5.51. The summed E-state index contributed by atoms with van der Waals surface area (Å²) in [6.45, 7) is 0.202. The summed E-state index contributed by atoms with van der Waals surface area (Å²) in [7, 11) is 0. The summed E-state index contributed by atoms with van der Waals surface area (Å²) in [6.07, 6.45) is 0.630. The zero-order valence-electron chi connectivity index (χ0n) is 11.1. The fourth-order valence-corrected chi connectivity index (χ4v) is 2.17. The first-order valence-corrected chi connectivity index (χ1v) is 6.41. The van der Waals surface area contributed by atoms with Crippen LogP contribution in [0.2, 0.25) is 0 Å². The van der Waals surface area contributed by atoms with Gasteiger partial charge in [0.05, 0.1) is 17.0 Å². The van der Waals surface area contributed by atoms with Crippen LogP contribution in [0, 0.1) is 11.3 Å². The van der Waals surface area contributed by atoms with Crippen LogP contribution in [0.4, 0.5) is 0 Å². The number of fused-ring (bicyclic) bond motifs is 1. The van der Waals surface area contributed by atoms with Gasteiger partial charge in [-0.3, -0.25) is 4.79 Å². The molecule has 3 rings (SSSR count). The summed E-state index contributed by atoms with van der Waals surface area (Å²) >= 11 is 0. The molecular weight excluding hydrogens is 266 g/mol. The number of furan rings is 1. The van der Waals surface area contributed by atoms with Crippen molar-refractivity contribution in [3.63, 3.8) is 0 Å². The summed E-state index contributed by atoms with van der Waals surface area (Å²) in [5.74, 6) is 0.569. The number of nitrogens with zero attached hydrogens (tertiary/aromatic N) is 1. The molecule has 1 aromatic heterocycles. The zero-order valence-corrected chi connectivity index (χ0v) is 11.1. The third-order valence-corrected chi connectivity index (χ3v) is 3.19. The molecule has 0 amide bonds. The lowest BCUT2D eigenvalue weighted by Gasteiger charge is -2.06. The van der Waals surface area contributed by atoms with Crippen molar-refractivity contribution in [3.05, 3.63) is 65.4 Å². The van der Waals surface area contributed by atoms with E-state index in [1.165, 1.54) is 0 Å². The minimum atomic E-state index is 0.158. The minimum Gasteiger partial charge on any atom is -0.484 e. The Bertz CT molecular complexity index is 843. The van der Waals surface area contributed by atoms with Crippen LogP contribution in [-0.2, 0) is 6.61 Å². The van der Waals surface area contributed by atoms with Gasteiger partial charge < -0.3 is 9.15 Å². The number of nitriles is 1. The van der Waals surface area contributed by atoms with Crippen LogP contribution in [0.1, 0.15) is 21.7 Å². The highest BCUT2D eigenvalue weighted by Crippen LogP contribution is 2.32. The lowest BCUT2D eigenvalue weighted by Crippen LogP contribution is -1.99. The van der Waals surface area contributed by atoms with E-state index >= 15 is 0 Å². The van der Waals surface area contributed by atoms with Gasteiger partial charge in [0.25, 0.3) is 0 Å². The quantitative estimate of drug-likeness (QED) is 0.682. The van der Waals surface area contributed by atoms with Gasteiger partial charge in [0.15, 0.2) is 12.0 Å². The van der Waals surface area contributed by atoms with Crippen molar-refractivity contribution in [2.75, 3.05) is 0 Å². The molecule has 0 radical (unpaired) electrons. The number of para-hydroxylation sites is 1. The average molecular weight is 277 g/mol. The second-order valence-electron chi connectivity index (χ2n) is 4.47. The molecule has 0 spiro atoms. The molecule has 2 aromatic carbocycles. The van der Waals surface area contributed by atoms with E-state index in [4.69, 9.17) is 14.4 Å². The van der Waals surface area contributed by atoms with Crippen molar-refractivity contribution >= 4 is 17.3 Å². The largest absolute Gasteiger partial charge is 0.484 e. The van der Waals surface area contributed by atoms with Crippen LogP contribution in [-0.4, -0.2) is 6.29 Å². The monoisotopic (exact) mass is 277 g/mol. The highest BCUT2D eigenvalue weighted by atomic mass is 16.5. The maximum Gasteiger partial charge on any atom is 0.209 e. The molecule has 0 saturated carbocycles. The predicted octanol–water partition coefficient (Wildman–Crippen LogP) is 3.70. The predicted molar refractivity (Wildman–Crippen MR) is 77.1 cm³/mol. The second-order valence-corrected chi connectivity index (χ2v) is 4.47. The van der Waals surface area contributed by atoms with Gasteiger partial charge in [-0.25, -0.2) is 0 Å². The van der Waals surface area contributed by atoms with E-state index in [2.05, 4.69) is 6.07 Å². The Labute approximate surface area is 121 Å². The molecule has 0 bridgehead atoms. The Hall–Kier alpha value is -3.06. The van der Waals surface area contributed by atoms with Crippen molar-refractivity contribution in [1.29, 1.82) is 5.26 Å². The molecule has 1 heterocycles. The van der Waals surface area contributed by atoms with Gasteiger partial charge in [0, 0.05) is 5.56 Å². The smallest absolute Gasteiger partial charge is 0.209 e. The molecule has 0 aliphatic heterocycles. The van der Waals surface area contributed by atoms with Gasteiger partial charge in [0.2, 0.25) is 5.76 Å². The highest BCUT2D eigenvalue weighted by Gasteiger charge is 2.15. The van der Waals surface area contributed by atoms with E-state index in [0.29, 0.717) is 23.2 Å². The van der Waals surface area contributed by atoms with Gasteiger partial charge in [-0.2, -0.15) is 5.26 Å². The van der Waals surface area contributed by atoms with Crippen LogP contribution in [0.3, 0.4) is 0 Å². The van der Waals surface area contributed by atoms with Crippen LogP contribution in [0.15, 0.2) is 52.9 Å². The molecule has 0 saturated heterocycles. The van der Waals surface area contributed by atoms with Crippen molar-refractivity contribution in [3.8, 4) is 11.8 Å². The molecule has 102 valence electrons. The molecule has 0 fully saturated rings. The molecule has 0 aliphatic rings. The van der Waals surface area contributed by atoms with E-state index in [0.717, 1.165) is 10.9 Å². The molecule has 21 heavy (non-hydrogen) atoms. The Morgan fingerprint density at radius 1 is 1.14 bits per heavy atom. The van der Waals surface area contributed by atoms with Crippen molar-refractivity contribution < 1.29 is 13.9 Å². The number of aldehydes is 1. The molecule has 3 aromatic rings. The molecule has 0 atom stereocenters. The lowest BCUT2D eigenvalue weighted by molar-refractivity contribution is 0.109.